The molecule has 1 amide bonds. The molecule has 2 heterocycles. The van der Waals surface area contributed by atoms with Gasteiger partial charge < -0.3 is 14.2 Å². The number of nitrogens with zero attached hydrogens (tertiary/aromatic N) is 3. The normalized spacial score (nSPS) is 16.9. The smallest absolute Gasteiger partial charge is 0.406 e. The highest BCUT2D eigenvalue weighted by Gasteiger charge is 2.36. The van der Waals surface area contributed by atoms with Gasteiger partial charge in [0, 0.05) is 29.2 Å². The molecule has 1 aliphatic rings. The molecular formula is C20H15ClF3N3O3. The van der Waals surface area contributed by atoms with E-state index >= 15 is 0 Å². The number of hydrogen-bond acceptors (Lipinski definition) is 5. The molecule has 0 N–H and O–H groups in total. The van der Waals surface area contributed by atoms with Crippen LogP contribution in [0, 0.1) is 6.92 Å². The van der Waals surface area contributed by atoms with Crippen molar-refractivity contribution in [3.05, 3.63) is 58.9 Å². The molecule has 1 aliphatic heterocycles. The SMILES string of the molecule is Cc1c(Cl)cccc1N1CC(c2nc(-c3ccc(OC(F)(F)F)cc3)no2)CC1=O. The maximum absolute atomic E-state index is 12.5. The van der Waals surface area contributed by atoms with Gasteiger partial charge in [0.05, 0.1) is 5.92 Å². The maximum atomic E-state index is 12.5. The highest BCUT2D eigenvalue weighted by Crippen LogP contribution is 2.35. The molecule has 1 saturated heterocycles. The van der Waals surface area contributed by atoms with E-state index < -0.39 is 6.36 Å². The van der Waals surface area contributed by atoms with Gasteiger partial charge in [-0.25, -0.2) is 0 Å². The molecule has 30 heavy (non-hydrogen) atoms. The lowest BCUT2D eigenvalue weighted by Gasteiger charge is -2.19. The van der Waals surface area contributed by atoms with Gasteiger partial charge in [-0.2, -0.15) is 4.98 Å². The Morgan fingerprint density at radius 3 is 2.63 bits per heavy atom. The highest BCUT2D eigenvalue weighted by atomic mass is 35.5. The van der Waals surface area contributed by atoms with E-state index in [1.54, 1.807) is 17.0 Å². The summed E-state index contributed by atoms with van der Waals surface area (Å²) >= 11 is 6.16. The number of alkyl halides is 3. The summed E-state index contributed by atoms with van der Waals surface area (Å²) in [7, 11) is 0. The molecule has 0 bridgehead atoms. The Hall–Kier alpha value is -3.07. The zero-order valence-corrected chi connectivity index (χ0v) is 16.4. The summed E-state index contributed by atoms with van der Waals surface area (Å²) in [5, 5.41) is 4.46. The number of carbonyl (C=O) groups is 1. The van der Waals surface area contributed by atoms with Crippen LogP contribution in [0.1, 0.15) is 23.8 Å². The molecule has 1 unspecified atom stereocenters. The van der Waals surface area contributed by atoms with Crippen LogP contribution in [0.15, 0.2) is 47.0 Å². The van der Waals surface area contributed by atoms with Crippen LogP contribution in [-0.4, -0.2) is 29.0 Å². The molecule has 1 fully saturated rings. The van der Waals surface area contributed by atoms with E-state index in [2.05, 4.69) is 14.9 Å². The summed E-state index contributed by atoms with van der Waals surface area (Å²) in [5.74, 6) is -0.225. The van der Waals surface area contributed by atoms with Gasteiger partial charge in [-0.05, 0) is 48.9 Å². The Kier molecular flexibility index (Phi) is 5.15. The van der Waals surface area contributed by atoms with Gasteiger partial charge in [-0.15, -0.1) is 13.2 Å². The quantitative estimate of drug-likeness (QED) is 0.567. The van der Waals surface area contributed by atoms with E-state index in [0.29, 0.717) is 17.1 Å². The molecule has 10 heteroatoms. The number of ether oxygens (including phenoxy) is 1. The van der Waals surface area contributed by atoms with Crippen LogP contribution in [0.2, 0.25) is 5.02 Å². The van der Waals surface area contributed by atoms with E-state index in [4.69, 9.17) is 16.1 Å². The monoisotopic (exact) mass is 437 g/mol. The zero-order chi connectivity index (χ0) is 21.5. The average Bonchev–Trinajstić information content (AvgIpc) is 3.30. The van der Waals surface area contributed by atoms with E-state index in [1.165, 1.54) is 24.3 Å². The van der Waals surface area contributed by atoms with Gasteiger partial charge in [0.25, 0.3) is 0 Å². The summed E-state index contributed by atoms with van der Waals surface area (Å²) in [4.78, 5) is 18.5. The van der Waals surface area contributed by atoms with Crippen LogP contribution >= 0.6 is 11.6 Å². The van der Waals surface area contributed by atoms with Gasteiger partial charge in [0.2, 0.25) is 17.6 Å². The van der Waals surface area contributed by atoms with Gasteiger partial charge in [-0.1, -0.05) is 22.8 Å². The Morgan fingerprint density at radius 2 is 1.93 bits per heavy atom. The number of amides is 1. The van der Waals surface area contributed by atoms with Crippen molar-refractivity contribution in [1.29, 1.82) is 0 Å². The maximum Gasteiger partial charge on any atom is 0.573 e. The van der Waals surface area contributed by atoms with Gasteiger partial charge in [-0.3, -0.25) is 4.79 Å². The summed E-state index contributed by atoms with van der Waals surface area (Å²) in [6.07, 6.45) is -4.56. The number of rotatable bonds is 4. The lowest BCUT2D eigenvalue weighted by atomic mass is 10.1. The molecule has 3 aromatic rings. The van der Waals surface area contributed by atoms with E-state index in [0.717, 1.165) is 11.3 Å². The Balaban J connectivity index is 1.51. The van der Waals surface area contributed by atoms with Gasteiger partial charge in [0.15, 0.2) is 0 Å². The summed E-state index contributed by atoms with van der Waals surface area (Å²) in [6, 6.07) is 10.5. The lowest BCUT2D eigenvalue weighted by Crippen LogP contribution is -2.25. The van der Waals surface area contributed by atoms with Crippen LogP contribution in [0.3, 0.4) is 0 Å². The van der Waals surface area contributed by atoms with Crippen LogP contribution < -0.4 is 9.64 Å². The minimum absolute atomic E-state index is 0.0845. The molecule has 1 aromatic heterocycles. The first-order valence-corrected chi connectivity index (χ1v) is 9.34. The van der Waals surface area contributed by atoms with Crippen molar-refractivity contribution in [3.63, 3.8) is 0 Å². The predicted molar refractivity (Wildman–Crippen MR) is 102 cm³/mol. The van der Waals surface area contributed by atoms with Gasteiger partial charge in [0.1, 0.15) is 5.75 Å². The van der Waals surface area contributed by atoms with Crippen molar-refractivity contribution in [1.82, 2.24) is 10.1 Å². The van der Waals surface area contributed by atoms with Crippen molar-refractivity contribution in [2.75, 3.05) is 11.4 Å². The summed E-state index contributed by atoms with van der Waals surface area (Å²) in [5.41, 5.74) is 2.00. The highest BCUT2D eigenvalue weighted by molar-refractivity contribution is 6.31. The molecule has 0 radical (unpaired) electrons. The van der Waals surface area contributed by atoms with E-state index in [1.807, 2.05) is 13.0 Å². The Labute approximate surface area is 174 Å². The second-order valence-corrected chi connectivity index (χ2v) is 7.22. The van der Waals surface area contributed by atoms with Crippen molar-refractivity contribution in [2.45, 2.75) is 25.6 Å². The average molecular weight is 438 g/mol. The van der Waals surface area contributed by atoms with Crippen molar-refractivity contribution < 1.29 is 27.2 Å². The fraction of sp³-hybridized carbons (Fsp3) is 0.250. The number of halogens is 4. The minimum atomic E-state index is -4.76. The van der Waals surface area contributed by atoms with Crippen molar-refractivity contribution in [3.8, 4) is 17.1 Å². The summed E-state index contributed by atoms with van der Waals surface area (Å²) in [6.45, 7) is 2.20. The Morgan fingerprint density at radius 1 is 1.20 bits per heavy atom. The minimum Gasteiger partial charge on any atom is -0.406 e. The third-order valence-electron chi connectivity index (χ3n) is 4.79. The van der Waals surface area contributed by atoms with Gasteiger partial charge >= 0.3 is 6.36 Å². The first-order valence-electron chi connectivity index (χ1n) is 8.96. The number of benzene rings is 2. The molecular weight excluding hydrogens is 423 g/mol. The lowest BCUT2D eigenvalue weighted by molar-refractivity contribution is -0.274. The second-order valence-electron chi connectivity index (χ2n) is 6.82. The molecule has 0 saturated carbocycles. The molecule has 0 spiro atoms. The van der Waals surface area contributed by atoms with Crippen molar-refractivity contribution in [2.24, 2.45) is 0 Å². The molecule has 6 nitrogen and oxygen atoms in total. The molecule has 1 atom stereocenters. The van der Waals surface area contributed by atoms with Crippen LogP contribution in [0.25, 0.3) is 11.4 Å². The fourth-order valence-corrected chi connectivity index (χ4v) is 3.49. The molecule has 0 aliphatic carbocycles. The summed E-state index contributed by atoms with van der Waals surface area (Å²) < 4.78 is 46.0. The first kappa shape index (κ1) is 20.2. The second kappa shape index (κ2) is 7.64. The zero-order valence-electron chi connectivity index (χ0n) is 15.6. The van der Waals surface area contributed by atoms with Crippen LogP contribution in [0.5, 0.6) is 5.75 Å². The topological polar surface area (TPSA) is 68.5 Å². The van der Waals surface area contributed by atoms with Crippen LogP contribution in [0.4, 0.5) is 18.9 Å². The van der Waals surface area contributed by atoms with Crippen molar-refractivity contribution >= 4 is 23.2 Å². The number of anilines is 1. The number of hydrogen-bond donors (Lipinski definition) is 0. The van der Waals surface area contributed by atoms with Crippen LogP contribution in [-0.2, 0) is 4.79 Å². The standard InChI is InChI=1S/C20H15ClF3N3O3/c1-11-15(21)3-2-4-16(11)27-10-13(9-17(27)28)19-25-18(26-30-19)12-5-7-14(8-6-12)29-20(22,23)24/h2-8,13H,9-10H2,1H3. The fourth-order valence-electron chi connectivity index (χ4n) is 3.32. The largest absolute Gasteiger partial charge is 0.573 e. The third-order valence-corrected chi connectivity index (χ3v) is 5.20. The van der Waals surface area contributed by atoms with E-state index in [-0.39, 0.29) is 35.7 Å². The predicted octanol–water partition coefficient (Wildman–Crippen LogP) is 5.12. The number of aromatic nitrogens is 2. The molecule has 2 aromatic carbocycles. The van der Waals surface area contributed by atoms with E-state index in [9.17, 15) is 18.0 Å². The Bertz CT molecular complexity index is 1080. The molecule has 156 valence electrons. The number of carbonyl (C=O) groups excluding carboxylic acids is 1. The third kappa shape index (κ3) is 4.11. The first-order chi connectivity index (χ1) is 14.2. The molecule has 4 rings (SSSR count).